The molecule has 23 heavy (non-hydrogen) atoms. The zero-order chi connectivity index (χ0) is 16.2. The number of nitrogens with one attached hydrogen (secondary N) is 1. The van der Waals surface area contributed by atoms with Crippen LogP contribution in [0, 0.1) is 0 Å². The van der Waals surface area contributed by atoms with Gasteiger partial charge >= 0.3 is 0 Å². The quantitative estimate of drug-likeness (QED) is 0.760. The predicted molar refractivity (Wildman–Crippen MR) is 91.5 cm³/mol. The average Bonchev–Trinajstić information content (AvgIpc) is 2.97. The van der Waals surface area contributed by atoms with Crippen molar-refractivity contribution in [1.29, 1.82) is 0 Å². The van der Waals surface area contributed by atoms with Crippen molar-refractivity contribution >= 4 is 17.2 Å². The third-order valence-electron chi connectivity index (χ3n) is 3.79. The third-order valence-corrected chi connectivity index (χ3v) is 3.79. The zero-order valence-corrected chi connectivity index (χ0v) is 13.1. The lowest BCUT2D eigenvalue weighted by atomic mass is 10.1. The molecule has 5 heteroatoms. The molecule has 1 aromatic carbocycles. The summed E-state index contributed by atoms with van der Waals surface area (Å²) < 4.78 is 1.92. The maximum Gasteiger partial charge on any atom is 0.238 e. The van der Waals surface area contributed by atoms with Crippen molar-refractivity contribution in [2.75, 3.05) is 11.9 Å². The molecule has 0 fully saturated rings. The number of anilines is 1. The number of aryl methyl sites for hydroxylation is 1. The van der Waals surface area contributed by atoms with E-state index in [4.69, 9.17) is 5.73 Å². The summed E-state index contributed by atoms with van der Waals surface area (Å²) in [5, 5.41) is 2.74. The molecule has 0 saturated heterocycles. The molecule has 0 bridgehead atoms. The van der Waals surface area contributed by atoms with Gasteiger partial charge in [0.25, 0.3) is 0 Å². The van der Waals surface area contributed by atoms with Gasteiger partial charge in [-0.25, -0.2) is 4.98 Å². The van der Waals surface area contributed by atoms with Crippen LogP contribution in [-0.2, 0) is 17.6 Å². The van der Waals surface area contributed by atoms with Crippen LogP contribution in [0.15, 0.2) is 48.8 Å². The van der Waals surface area contributed by atoms with Crippen LogP contribution in [0.5, 0.6) is 0 Å². The molecule has 0 aliphatic heterocycles. The normalized spacial score (nSPS) is 10.9. The Hall–Kier alpha value is -2.66. The first kappa shape index (κ1) is 15.2. The first-order valence-corrected chi connectivity index (χ1v) is 7.73. The summed E-state index contributed by atoms with van der Waals surface area (Å²) in [6, 6.07) is 12.3. The van der Waals surface area contributed by atoms with Crippen molar-refractivity contribution in [3.8, 4) is 0 Å². The van der Waals surface area contributed by atoms with Gasteiger partial charge in [0.15, 0.2) is 0 Å². The van der Waals surface area contributed by atoms with Gasteiger partial charge in [0.2, 0.25) is 5.91 Å². The molecule has 118 valence electrons. The number of imidazole rings is 1. The second-order valence-corrected chi connectivity index (χ2v) is 5.51. The van der Waals surface area contributed by atoms with E-state index >= 15 is 0 Å². The molecule has 1 amide bonds. The topological polar surface area (TPSA) is 72.4 Å². The van der Waals surface area contributed by atoms with Gasteiger partial charge in [-0.15, -0.1) is 0 Å². The van der Waals surface area contributed by atoms with Crippen LogP contribution in [0.25, 0.3) is 5.65 Å². The minimum Gasteiger partial charge on any atom is -0.324 e. The Kier molecular flexibility index (Phi) is 4.39. The summed E-state index contributed by atoms with van der Waals surface area (Å²) in [6.45, 7) is 2.12. The Balaban J connectivity index is 1.80. The predicted octanol–water partition coefficient (Wildman–Crippen LogP) is 2.38. The molecule has 0 aliphatic carbocycles. The summed E-state index contributed by atoms with van der Waals surface area (Å²) in [5.74, 6) is -0.208. The SMILES string of the molecule is CCc1ccc(Cc2cn3cc(NC(=O)CN)ccc3n2)cc1. The number of amides is 1. The molecule has 0 unspecified atom stereocenters. The van der Waals surface area contributed by atoms with E-state index in [1.165, 1.54) is 11.1 Å². The minimum atomic E-state index is -0.208. The summed E-state index contributed by atoms with van der Waals surface area (Å²) >= 11 is 0. The largest absolute Gasteiger partial charge is 0.324 e. The smallest absolute Gasteiger partial charge is 0.238 e. The van der Waals surface area contributed by atoms with E-state index < -0.39 is 0 Å². The molecule has 0 radical (unpaired) electrons. The lowest BCUT2D eigenvalue weighted by molar-refractivity contribution is -0.114. The van der Waals surface area contributed by atoms with Gasteiger partial charge in [-0.3, -0.25) is 4.79 Å². The zero-order valence-electron chi connectivity index (χ0n) is 13.1. The summed E-state index contributed by atoms with van der Waals surface area (Å²) in [6.07, 6.45) is 5.67. The van der Waals surface area contributed by atoms with Crippen LogP contribution in [0.1, 0.15) is 23.7 Å². The number of nitrogens with zero attached hydrogens (tertiary/aromatic N) is 2. The summed E-state index contributed by atoms with van der Waals surface area (Å²) in [5.41, 5.74) is 10.5. The molecule has 3 rings (SSSR count). The van der Waals surface area contributed by atoms with Crippen LogP contribution in [0.3, 0.4) is 0 Å². The number of carbonyl (C=O) groups is 1. The Bertz CT molecular complexity index is 821. The van der Waals surface area contributed by atoms with Gasteiger partial charge in [-0.1, -0.05) is 31.2 Å². The molecule has 2 aromatic heterocycles. The van der Waals surface area contributed by atoms with Gasteiger partial charge in [-0.05, 0) is 29.7 Å². The fraction of sp³-hybridized carbons (Fsp3) is 0.222. The molecular weight excluding hydrogens is 288 g/mol. The van der Waals surface area contributed by atoms with Crippen LogP contribution in [0.2, 0.25) is 0 Å². The minimum absolute atomic E-state index is 0.0268. The molecule has 0 atom stereocenters. The molecule has 5 nitrogen and oxygen atoms in total. The van der Waals surface area contributed by atoms with E-state index in [2.05, 4.69) is 41.5 Å². The van der Waals surface area contributed by atoms with Crippen LogP contribution >= 0.6 is 0 Å². The molecule has 0 aliphatic rings. The van der Waals surface area contributed by atoms with Crippen molar-refractivity contribution in [2.24, 2.45) is 5.73 Å². The Morgan fingerprint density at radius 1 is 1.13 bits per heavy atom. The number of hydrogen-bond donors (Lipinski definition) is 2. The fourth-order valence-electron chi connectivity index (χ4n) is 2.52. The number of pyridine rings is 1. The third kappa shape index (κ3) is 3.57. The van der Waals surface area contributed by atoms with Crippen LogP contribution < -0.4 is 11.1 Å². The van der Waals surface area contributed by atoms with E-state index in [1.54, 1.807) is 0 Å². The van der Waals surface area contributed by atoms with Crippen molar-refractivity contribution in [1.82, 2.24) is 9.38 Å². The Morgan fingerprint density at radius 3 is 2.57 bits per heavy atom. The molecule has 3 aromatic rings. The van der Waals surface area contributed by atoms with Crippen molar-refractivity contribution < 1.29 is 4.79 Å². The van der Waals surface area contributed by atoms with Crippen molar-refractivity contribution in [3.63, 3.8) is 0 Å². The van der Waals surface area contributed by atoms with E-state index in [-0.39, 0.29) is 12.5 Å². The first-order valence-electron chi connectivity index (χ1n) is 7.73. The van der Waals surface area contributed by atoms with Crippen molar-refractivity contribution in [3.05, 3.63) is 65.6 Å². The highest BCUT2D eigenvalue weighted by molar-refractivity contribution is 5.92. The lowest BCUT2D eigenvalue weighted by Crippen LogP contribution is -2.21. The number of aromatic nitrogens is 2. The lowest BCUT2D eigenvalue weighted by Gasteiger charge is -2.03. The number of rotatable bonds is 5. The van der Waals surface area contributed by atoms with E-state index in [0.717, 1.165) is 24.2 Å². The van der Waals surface area contributed by atoms with E-state index in [0.29, 0.717) is 5.69 Å². The van der Waals surface area contributed by atoms with Gasteiger partial charge < -0.3 is 15.5 Å². The second-order valence-electron chi connectivity index (χ2n) is 5.51. The number of fused-ring (bicyclic) bond motifs is 1. The number of benzene rings is 1. The monoisotopic (exact) mass is 308 g/mol. The molecule has 3 N–H and O–H groups in total. The highest BCUT2D eigenvalue weighted by Gasteiger charge is 2.05. The molecule has 0 spiro atoms. The number of hydrogen-bond acceptors (Lipinski definition) is 3. The average molecular weight is 308 g/mol. The standard InChI is InChI=1S/C18H20N4O/c1-2-13-3-5-14(6-4-13)9-16-12-22-11-15(21-18(23)10-19)7-8-17(22)20-16/h3-8,11-12H,2,9-10,19H2,1H3,(H,21,23). The molecular formula is C18H20N4O. The van der Waals surface area contributed by atoms with Gasteiger partial charge in [0.1, 0.15) is 5.65 Å². The number of carbonyl (C=O) groups excluding carboxylic acids is 1. The van der Waals surface area contributed by atoms with Crippen LogP contribution in [-0.4, -0.2) is 21.8 Å². The highest BCUT2D eigenvalue weighted by Crippen LogP contribution is 2.15. The molecule has 0 saturated carbocycles. The number of nitrogens with two attached hydrogens (primary N) is 1. The Labute approximate surface area is 135 Å². The summed E-state index contributed by atoms with van der Waals surface area (Å²) in [4.78, 5) is 16.0. The van der Waals surface area contributed by atoms with Crippen LogP contribution in [0.4, 0.5) is 5.69 Å². The maximum atomic E-state index is 11.4. The van der Waals surface area contributed by atoms with Gasteiger partial charge in [0, 0.05) is 18.8 Å². The first-order chi connectivity index (χ1) is 11.2. The van der Waals surface area contributed by atoms with Gasteiger partial charge in [0.05, 0.1) is 17.9 Å². The fourth-order valence-corrected chi connectivity index (χ4v) is 2.52. The van der Waals surface area contributed by atoms with E-state index in [1.807, 2.05) is 28.9 Å². The summed E-state index contributed by atoms with van der Waals surface area (Å²) in [7, 11) is 0. The van der Waals surface area contributed by atoms with E-state index in [9.17, 15) is 4.79 Å². The molecule has 2 heterocycles. The maximum absolute atomic E-state index is 11.4. The van der Waals surface area contributed by atoms with Crippen molar-refractivity contribution in [2.45, 2.75) is 19.8 Å². The Morgan fingerprint density at radius 2 is 1.87 bits per heavy atom. The second kappa shape index (κ2) is 6.62. The van der Waals surface area contributed by atoms with Gasteiger partial charge in [-0.2, -0.15) is 0 Å². The highest BCUT2D eigenvalue weighted by atomic mass is 16.1.